The molecule has 1 amide bonds. The van der Waals surface area contributed by atoms with Gasteiger partial charge < -0.3 is 14.1 Å². The lowest BCUT2D eigenvalue weighted by Crippen LogP contribution is -2.53. The van der Waals surface area contributed by atoms with Gasteiger partial charge in [0, 0.05) is 24.2 Å². The fourth-order valence-electron chi connectivity index (χ4n) is 3.48. The number of carbonyl (C=O) groups excluding carboxylic acids is 1. The van der Waals surface area contributed by atoms with Crippen LogP contribution in [-0.2, 0) is 4.74 Å². The van der Waals surface area contributed by atoms with E-state index in [1.165, 1.54) is 0 Å². The Hall–Kier alpha value is -2.07. The molecule has 23 heavy (non-hydrogen) atoms. The van der Waals surface area contributed by atoms with Crippen LogP contribution in [-0.4, -0.2) is 36.1 Å². The zero-order chi connectivity index (χ0) is 15.9. The third-order valence-electron chi connectivity index (χ3n) is 5.06. The van der Waals surface area contributed by atoms with E-state index in [0.29, 0.717) is 0 Å². The second-order valence-electron chi connectivity index (χ2n) is 6.56. The molecule has 2 saturated heterocycles. The van der Waals surface area contributed by atoms with Crippen molar-refractivity contribution < 1.29 is 13.9 Å². The fraction of sp³-hybridized carbons (Fsp3) is 0.421. The van der Waals surface area contributed by atoms with Crippen molar-refractivity contribution in [3.05, 3.63) is 47.7 Å². The molecule has 0 bridgehead atoms. The lowest BCUT2D eigenvalue weighted by atomic mass is 9.84. The Morgan fingerprint density at radius 3 is 2.52 bits per heavy atom. The number of aryl methyl sites for hydroxylation is 1. The van der Waals surface area contributed by atoms with Crippen molar-refractivity contribution in [3.63, 3.8) is 0 Å². The van der Waals surface area contributed by atoms with Gasteiger partial charge in [0.15, 0.2) is 0 Å². The second kappa shape index (κ2) is 5.53. The average Bonchev–Trinajstić information content (AvgIpc) is 2.99. The number of piperidine rings is 1. The second-order valence-corrected chi connectivity index (χ2v) is 6.56. The highest BCUT2D eigenvalue weighted by molar-refractivity contribution is 5.95. The third kappa shape index (κ3) is 2.68. The molecule has 3 heterocycles. The molecule has 2 aliphatic rings. The van der Waals surface area contributed by atoms with Crippen LogP contribution in [0.5, 0.6) is 0 Å². The smallest absolute Gasteiger partial charge is 0.253 e. The lowest BCUT2D eigenvalue weighted by Gasteiger charge is -2.47. The first-order chi connectivity index (χ1) is 11.2. The Bertz CT molecular complexity index is 720. The Morgan fingerprint density at radius 1 is 1.13 bits per heavy atom. The van der Waals surface area contributed by atoms with Gasteiger partial charge in [-0.2, -0.15) is 0 Å². The maximum absolute atomic E-state index is 12.8. The molecule has 2 fully saturated rings. The summed E-state index contributed by atoms with van der Waals surface area (Å²) in [6.45, 7) is 4.36. The van der Waals surface area contributed by atoms with Gasteiger partial charge in [0.05, 0.1) is 12.2 Å². The minimum Gasteiger partial charge on any atom is -0.461 e. The molecule has 4 rings (SSSR count). The van der Waals surface area contributed by atoms with Gasteiger partial charge in [0.1, 0.15) is 11.5 Å². The van der Waals surface area contributed by atoms with Crippen LogP contribution in [0.1, 0.15) is 35.4 Å². The van der Waals surface area contributed by atoms with E-state index >= 15 is 0 Å². The van der Waals surface area contributed by atoms with Gasteiger partial charge in [0.25, 0.3) is 5.91 Å². The zero-order valence-electron chi connectivity index (χ0n) is 13.4. The van der Waals surface area contributed by atoms with E-state index in [9.17, 15) is 4.79 Å². The van der Waals surface area contributed by atoms with Crippen molar-refractivity contribution in [2.75, 3.05) is 19.7 Å². The summed E-state index contributed by atoms with van der Waals surface area (Å²) < 4.78 is 11.4. The number of hydrogen-bond acceptors (Lipinski definition) is 3. The molecule has 0 atom stereocenters. The van der Waals surface area contributed by atoms with Gasteiger partial charge >= 0.3 is 0 Å². The van der Waals surface area contributed by atoms with Crippen molar-refractivity contribution in [3.8, 4) is 11.3 Å². The topological polar surface area (TPSA) is 42.7 Å². The van der Waals surface area contributed by atoms with Crippen molar-refractivity contribution in [1.29, 1.82) is 0 Å². The number of amides is 1. The van der Waals surface area contributed by atoms with E-state index in [1.807, 2.05) is 48.2 Å². The molecule has 1 aromatic heterocycles. The first-order valence-corrected chi connectivity index (χ1v) is 8.25. The summed E-state index contributed by atoms with van der Waals surface area (Å²) in [6.07, 6.45) is 3.05. The van der Waals surface area contributed by atoms with Gasteiger partial charge in [-0.15, -0.1) is 0 Å². The van der Waals surface area contributed by atoms with Crippen LogP contribution in [0.15, 0.2) is 40.8 Å². The van der Waals surface area contributed by atoms with Crippen LogP contribution >= 0.6 is 0 Å². The molecule has 1 spiro atoms. The monoisotopic (exact) mass is 311 g/mol. The summed E-state index contributed by atoms with van der Waals surface area (Å²) in [4.78, 5) is 14.7. The molecule has 120 valence electrons. The molecule has 2 aliphatic heterocycles. The van der Waals surface area contributed by atoms with E-state index in [-0.39, 0.29) is 11.5 Å². The van der Waals surface area contributed by atoms with Gasteiger partial charge in [0.2, 0.25) is 0 Å². The molecule has 0 N–H and O–H groups in total. The minimum atomic E-state index is 0.0737. The summed E-state index contributed by atoms with van der Waals surface area (Å²) in [5, 5.41) is 0. The van der Waals surface area contributed by atoms with E-state index in [2.05, 4.69) is 0 Å². The van der Waals surface area contributed by atoms with Crippen LogP contribution in [0, 0.1) is 6.92 Å². The van der Waals surface area contributed by atoms with Gasteiger partial charge in [-0.25, -0.2) is 0 Å². The van der Waals surface area contributed by atoms with E-state index in [1.54, 1.807) is 0 Å². The maximum atomic E-state index is 12.8. The van der Waals surface area contributed by atoms with Crippen LogP contribution in [0.2, 0.25) is 0 Å². The van der Waals surface area contributed by atoms with Crippen molar-refractivity contribution in [2.24, 2.45) is 0 Å². The molecule has 0 radical (unpaired) electrons. The van der Waals surface area contributed by atoms with E-state index < -0.39 is 0 Å². The number of carbonyl (C=O) groups is 1. The molecule has 4 nitrogen and oxygen atoms in total. The van der Waals surface area contributed by atoms with Crippen LogP contribution in [0.3, 0.4) is 0 Å². The zero-order valence-corrected chi connectivity index (χ0v) is 13.4. The summed E-state index contributed by atoms with van der Waals surface area (Å²) in [6, 6.07) is 11.6. The van der Waals surface area contributed by atoms with Gasteiger partial charge in [-0.3, -0.25) is 4.79 Å². The molecule has 4 heteroatoms. The molecule has 0 unspecified atom stereocenters. The van der Waals surface area contributed by atoms with Crippen molar-refractivity contribution in [1.82, 2.24) is 4.90 Å². The third-order valence-corrected chi connectivity index (χ3v) is 5.06. The predicted molar refractivity (Wildman–Crippen MR) is 87.3 cm³/mol. The first kappa shape index (κ1) is 14.5. The summed E-state index contributed by atoms with van der Waals surface area (Å²) in [5.74, 6) is 1.78. The summed E-state index contributed by atoms with van der Waals surface area (Å²) in [7, 11) is 0. The average molecular weight is 311 g/mol. The van der Waals surface area contributed by atoms with Gasteiger partial charge in [-0.05, 0) is 50.5 Å². The molecule has 0 aliphatic carbocycles. The van der Waals surface area contributed by atoms with Crippen LogP contribution in [0.25, 0.3) is 11.3 Å². The fourth-order valence-corrected chi connectivity index (χ4v) is 3.48. The molecule has 1 aromatic carbocycles. The number of furan rings is 1. The molecule has 2 aromatic rings. The summed E-state index contributed by atoms with van der Waals surface area (Å²) in [5.41, 5.74) is 1.74. The Balaban J connectivity index is 1.50. The normalized spacial score (nSPS) is 19.6. The highest BCUT2D eigenvalue weighted by Crippen LogP contribution is 2.37. The van der Waals surface area contributed by atoms with Crippen molar-refractivity contribution >= 4 is 5.91 Å². The number of rotatable bonds is 2. The van der Waals surface area contributed by atoms with Crippen LogP contribution < -0.4 is 0 Å². The first-order valence-electron chi connectivity index (χ1n) is 8.25. The number of ether oxygens (including phenoxy) is 1. The molecular weight excluding hydrogens is 290 g/mol. The Labute approximate surface area is 136 Å². The van der Waals surface area contributed by atoms with E-state index in [0.717, 1.165) is 61.6 Å². The van der Waals surface area contributed by atoms with E-state index in [4.69, 9.17) is 9.15 Å². The highest BCUT2D eigenvalue weighted by atomic mass is 16.5. The maximum Gasteiger partial charge on any atom is 0.253 e. The largest absolute Gasteiger partial charge is 0.461 e. The number of nitrogens with zero attached hydrogens (tertiary/aromatic N) is 1. The number of hydrogen-bond donors (Lipinski definition) is 0. The summed E-state index contributed by atoms with van der Waals surface area (Å²) >= 11 is 0. The molecule has 0 saturated carbocycles. The quantitative estimate of drug-likeness (QED) is 0.850. The van der Waals surface area contributed by atoms with Crippen LogP contribution in [0.4, 0.5) is 0 Å². The highest BCUT2D eigenvalue weighted by Gasteiger charge is 2.41. The van der Waals surface area contributed by atoms with Gasteiger partial charge in [-0.1, -0.05) is 12.1 Å². The molecular formula is C19H21NO3. The number of likely N-dealkylation sites (tertiary alicyclic amines) is 1. The standard InChI is InChI=1S/C19H21NO3/c1-14-5-6-17(23-14)15-3-2-4-16(13-15)18(21)20-10-7-19(8-11-20)9-12-22-19/h2-6,13H,7-12H2,1H3. The SMILES string of the molecule is Cc1ccc(-c2cccc(C(=O)N3CCC4(CCO4)CC3)c2)o1. The predicted octanol–water partition coefficient (Wildman–Crippen LogP) is 3.65. The Morgan fingerprint density at radius 2 is 1.91 bits per heavy atom. The van der Waals surface area contributed by atoms with Crippen molar-refractivity contribution in [2.45, 2.75) is 31.8 Å². The Kier molecular flexibility index (Phi) is 3.49. The lowest BCUT2D eigenvalue weighted by molar-refractivity contribution is -0.169. The number of benzene rings is 1. The minimum absolute atomic E-state index is 0.0737.